The Morgan fingerprint density at radius 3 is 2.65 bits per heavy atom. The topological polar surface area (TPSA) is 129 Å². The summed E-state index contributed by atoms with van der Waals surface area (Å²) in [5, 5.41) is 0.127. The highest BCUT2D eigenvalue weighted by atomic mass is 35.5. The standard InChI is InChI=1S/C13H16N4O4S.ClH/c14-8-2-1-5-17(7-8)22(20,21)9-3-4-11-10(6-9)12(18)16-13(19)15-11;/h3-4,6,8H,1-2,5,7,14H2,(H2,15,16,18,19);1H. The Hall–Kier alpha value is -1.68. The predicted octanol–water partition coefficient (Wildman–Crippen LogP) is -0.250. The maximum atomic E-state index is 12.6. The van der Waals surface area contributed by atoms with Gasteiger partial charge in [0, 0.05) is 19.1 Å². The van der Waals surface area contributed by atoms with Gasteiger partial charge in [0.1, 0.15) is 0 Å². The van der Waals surface area contributed by atoms with Crippen LogP contribution in [0.3, 0.4) is 0 Å². The number of nitrogens with zero attached hydrogens (tertiary/aromatic N) is 1. The van der Waals surface area contributed by atoms with E-state index in [1.54, 1.807) is 0 Å². The summed E-state index contributed by atoms with van der Waals surface area (Å²) in [7, 11) is -3.70. The third-order valence-electron chi connectivity index (χ3n) is 3.77. The van der Waals surface area contributed by atoms with E-state index >= 15 is 0 Å². The number of piperidine rings is 1. The molecular weight excluding hydrogens is 344 g/mol. The van der Waals surface area contributed by atoms with Crippen LogP contribution in [0, 0.1) is 0 Å². The van der Waals surface area contributed by atoms with Gasteiger partial charge in [0.05, 0.1) is 15.8 Å². The number of H-pyrrole nitrogens is 2. The van der Waals surface area contributed by atoms with Crippen LogP contribution in [0.4, 0.5) is 0 Å². The van der Waals surface area contributed by atoms with Crippen LogP contribution in [0.1, 0.15) is 12.8 Å². The van der Waals surface area contributed by atoms with Crippen LogP contribution in [0.15, 0.2) is 32.7 Å². The minimum atomic E-state index is -3.70. The van der Waals surface area contributed by atoms with Crippen LogP contribution in [0.2, 0.25) is 0 Å². The van der Waals surface area contributed by atoms with Crippen molar-refractivity contribution in [1.29, 1.82) is 0 Å². The molecule has 23 heavy (non-hydrogen) atoms. The number of nitrogens with one attached hydrogen (secondary N) is 2. The molecule has 126 valence electrons. The summed E-state index contributed by atoms with van der Waals surface area (Å²) in [6.07, 6.45) is 1.51. The summed E-state index contributed by atoms with van der Waals surface area (Å²) in [4.78, 5) is 27.6. The monoisotopic (exact) mass is 360 g/mol. The number of hydrogen-bond donors (Lipinski definition) is 3. The van der Waals surface area contributed by atoms with Gasteiger partial charge in [-0.05, 0) is 31.0 Å². The minimum Gasteiger partial charge on any atom is -0.327 e. The first kappa shape index (κ1) is 17.7. The molecule has 1 fully saturated rings. The lowest BCUT2D eigenvalue weighted by molar-refractivity contribution is 0.316. The number of benzene rings is 1. The molecule has 1 aromatic heterocycles. The third-order valence-corrected chi connectivity index (χ3v) is 5.63. The van der Waals surface area contributed by atoms with Crippen LogP contribution in [0.25, 0.3) is 10.9 Å². The molecule has 3 rings (SSSR count). The van der Waals surface area contributed by atoms with E-state index in [4.69, 9.17) is 5.73 Å². The number of nitrogens with two attached hydrogens (primary N) is 1. The lowest BCUT2D eigenvalue weighted by Gasteiger charge is -2.29. The first-order valence-electron chi connectivity index (χ1n) is 6.90. The van der Waals surface area contributed by atoms with Crippen molar-refractivity contribution in [2.75, 3.05) is 13.1 Å². The number of hydrogen-bond acceptors (Lipinski definition) is 5. The summed E-state index contributed by atoms with van der Waals surface area (Å²) in [6, 6.07) is 3.90. The second kappa shape index (κ2) is 6.44. The number of rotatable bonds is 2. The van der Waals surface area contributed by atoms with Crippen LogP contribution in [0.5, 0.6) is 0 Å². The van der Waals surface area contributed by atoms with Crippen molar-refractivity contribution in [1.82, 2.24) is 14.3 Å². The van der Waals surface area contributed by atoms with Crippen molar-refractivity contribution in [3.8, 4) is 0 Å². The normalized spacial score (nSPS) is 19.4. The summed E-state index contributed by atoms with van der Waals surface area (Å²) >= 11 is 0. The zero-order chi connectivity index (χ0) is 15.9. The zero-order valence-corrected chi connectivity index (χ0v) is 13.7. The van der Waals surface area contributed by atoms with Crippen LogP contribution in [-0.4, -0.2) is 41.8 Å². The average Bonchev–Trinajstić information content (AvgIpc) is 2.46. The van der Waals surface area contributed by atoms with E-state index in [1.807, 2.05) is 0 Å². The molecule has 4 N–H and O–H groups in total. The van der Waals surface area contributed by atoms with Gasteiger partial charge >= 0.3 is 5.69 Å². The Morgan fingerprint density at radius 2 is 1.96 bits per heavy atom. The van der Waals surface area contributed by atoms with Gasteiger partial charge < -0.3 is 10.7 Å². The molecule has 10 heteroatoms. The largest absolute Gasteiger partial charge is 0.327 e. The maximum absolute atomic E-state index is 12.6. The molecule has 0 amide bonds. The summed E-state index contributed by atoms with van der Waals surface area (Å²) in [5.74, 6) is 0. The molecule has 1 aliphatic heterocycles. The Balaban J connectivity index is 0.00000192. The van der Waals surface area contributed by atoms with Gasteiger partial charge in [0.2, 0.25) is 10.0 Å². The molecule has 0 aliphatic carbocycles. The lowest BCUT2D eigenvalue weighted by atomic mass is 10.1. The Morgan fingerprint density at radius 1 is 1.22 bits per heavy atom. The smallest absolute Gasteiger partial charge is 0.326 e. The van der Waals surface area contributed by atoms with E-state index in [9.17, 15) is 18.0 Å². The molecular formula is C13H17ClN4O4S. The molecule has 1 aliphatic rings. The molecule has 0 bridgehead atoms. The Labute approximate surface area is 138 Å². The van der Waals surface area contributed by atoms with Gasteiger partial charge in [-0.1, -0.05) is 0 Å². The summed E-state index contributed by atoms with van der Waals surface area (Å²) in [5.41, 5.74) is 4.88. The molecule has 1 unspecified atom stereocenters. The fraction of sp³-hybridized carbons (Fsp3) is 0.385. The van der Waals surface area contributed by atoms with Crippen molar-refractivity contribution in [3.05, 3.63) is 39.0 Å². The fourth-order valence-electron chi connectivity index (χ4n) is 2.65. The van der Waals surface area contributed by atoms with Crippen molar-refractivity contribution >= 4 is 33.3 Å². The van der Waals surface area contributed by atoms with Gasteiger partial charge in [-0.25, -0.2) is 13.2 Å². The molecule has 2 heterocycles. The van der Waals surface area contributed by atoms with Crippen molar-refractivity contribution < 1.29 is 8.42 Å². The summed E-state index contributed by atoms with van der Waals surface area (Å²) < 4.78 is 26.6. The van der Waals surface area contributed by atoms with Gasteiger partial charge in [-0.2, -0.15) is 4.31 Å². The molecule has 0 radical (unpaired) electrons. The Bertz CT molecular complexity index is 937. The molecule has 0 spiro atoms. The Kier molecular flexibility index (Phi) is 4.95. The van der Waals surface area contributed by atoms with Crippen molar-refractivity contribution in [2.45, 2.75) is 23.8 Å². The predicted molar refractivity (Wildman–Crippen MR) is 88.4 cm³/mol. The molecule has 2 aromatic rings. The quantitative estimate of drug-likeness (QED) is 0.680. The van der Waals surface area contributed by atoms with Crippen molar-refractivity contribution in [2.24, 2.45) is 5.73 Å². The molecule has 1 saturated heterocycles. The zero-order valence-electron chi connectivity index (χ0n) is 12.1. The van der Waals surface area contributed by atoms with Crippen molar-refractivity contribution in [3.63, 3.8) is 0 Å². The highest BCUT2D eigenvalue weighted by Gasteiger charge is 2.29. The minimum absolute atomic E-state index is 0. The van der Waals surface area contributed by atoms with E-state index < -0.39 is 21.3 Å². The molecule has 1 aromatic carbocycles. The third kappa shape index (κ3) is 3.32. The highest BCUT2D eigenvalue weighted by molar-refractivity contribution is 7.89. The van der Waals surface area contributed by atoms with Crippen LogP contribution in [-0.2, 0) is 10.0 Å². The molecule has 8 nitrogen and oxygen atoms in total. The molecule has 0 saturated carbocycles. The number of fused-ring (bicyclic) bond motifs is 1. The maximum Gasteiger partial charge on any atom is 0.326 e. The first-order chi connectivity index (χ1) is 10.4. The van der Waals surface area contributed by atoms with E-state index in [-0.39, 0.29) is 35.3 Å². The molecule has 1 atom stereocenters. The number of aromatic nitrogens is 2. The lowest BCUT2D eigenvalue weighted by Crippen LogP contribution is -2.45. The number of aromatic amines is 2. The first-order valence-corrected chi connectivity index (χ1v) is 8.34. The van der Waals surface area contributed by atoms with E-state index in [0.717, 1.165) is 6.42 Å². The average molecular weight is 361 g/mol. The van der Waals surface area contributed by atoms with Crippen LogP contribution < -0.4 is 17.0 Å². The van der Waals surface area contributed by atoms with Gasteiger partial charge in [-0.15, -0.1) is 12.4 Å². The second-order valence-corrected chi connectivity index (χ2v) is 7.32. The summed E-state index contributed by atoms with van der Waals surface area (Å²) in [6.45, 7) is 0.679. The van der Waals surface area contributed by atoms with E-state index in [0.29, 0.717) is 18.5 Å². The van der Waals surface area contributed by atoms with E-state index in [2.05, 4.69) is 9.97 Å². The van der Waals surface area contributed by atoms with Gasteiger partial charge in [-0.3, -0.25) is 9.78 Å². The number of sulfonamides is 1. The number of halogens is 1. The van der Waals surface area contributed by atoms with E-state index in [1.165, 1.54) is 22.5 Å². The second-order valence-electron chi connectivity index (χ2n) is 5.38. The SMILES string of the molecule is Cl.NC1CCCN(S(=O)(=O)c2ccc3[nH]c(=O)[nH]c(=O)c3c2)C1. The van der Waals surface area contributed by atoms with Gasteiger partial charge in [0.25, 0.3) is 5.56 Å². The van der Waals surface area contributed by atoms with Gasteiger partial charge in [0.15, 0.2) is 0 Å². The fourth-order valence-corrected chi connectivity index (χ4v) is 4.21. The van der Waals surface area contributed by atoms with Crippen LogP contribution >= 0.6 is 12.4 Å². The highest BCUT2D eigenvalue weighted by Crippen LogP contribution is 2.21.